The minimum absolute atomic E-state index is 0.0441. The molecule has 2 aromatic rings. The summed E-state index contributed by atoms with van der Waals surface area (Å²) in [6.45, 7) is 4.13. The first-order valence-corrected chi connectivity index (χ1v) is 7.80. The largest absolute Gasteiger partial charge is 0.372 e. The van der Waals surface area contributed by atoms with E-state index in [1.807, 2.05) is 37.3 Å². The first-order valence-electron chi connectivity index (χ1n) is 7.80. The van der Waals surface area contributed by atoms with E-state index in [4.69, 9.17) is 0 Å². The molecule has 1 aromatic heterocycles. The molecule has 4 heteroatoms. The molecule has 1 aliphatic heterocycles. The van der Waals surface area contributed by atoms with Crippen molar-refractivity contribution in [1.29, 1.82) is 0 Å². The quantitative estimate of drug-likeness (QED) is 0.942. The van der Waals surface area contributed by atoms with Gasteiger partial charge in [-0.15, -0.1) is 0 Å². The van der Waals surface area contributed by atoms with Gasteiger partial charge in [0.1, 0.15) is 0 Å². The third kappa shape index (κ3) is 3.27. The van der Waals surface area contributed by atoms with E-state index in [2.05, 4.69) is 21.3 Å². The third-order valence-corrected chi connectivity index (χ3v) is 4.11. The second-order valence-corrected chi connectivity index (χ2v) is 5.73. The van der Waals surface area contributed by atoms with Crippen molar-refractivity contribution in [3.05, 3.63) is 59.9 Å². The summed E-state index contributed by atoms with van der Waals surface area (Å²) >= 11 is 0. The van der Waals surface area contributed by atoms with Crippen LogP contribution in [0.2, 0.25) is 0 Å². The van der Waals surface area contributed by atoms with Crippen LogP contribution in [-0.2, 0) is 0 Å². The van der Waals surface area contributed by atoms with Crippen molar-refractivity contribution in [3.8, 4) is 0 Å². The van der Waals surface area contributed by atoms with Crippen molar-refractivity contribution in [2.75, 3.05) is 18.0 Å². The molecular formula is C18H21N3O. The number of rotatable bonds is 4. The summed E-state index contributed by atoms with van der Waals surface area (Å²) in [5.74, 6) is -0.0441. The molecule has 0 bridgehead atoms. The first kappa shape index (κ1) is 14.6. The van der Waals surface area contributed by atoms with Crippen LogP contribution >= 0.6 is 0 Å². The van der Waals surface area contributed by atoms with Crippen molar-refractivity contribution in [2.24, 2.45) is 0 Å². The predicted molar refractivity (Wildman–Crippen MR) is 88.0 cm³/mol. The van der Waals surface area contributed by atoms with Crippen molar-refractivity contribution < 1.29 is 4.79 Å². The second-order valence-electron chi connectivity index (χ2n) is 5.73. The number of anilines is 1. The van der Waals surface area contributed by atoms with Crippen molar-refractivity contribution in [3.63, 3.8) is 0 Å². The number of carbonyl (C=O) groups excluding carboxylic acids is 1. The number of nitrogens with one attached hydrogen (secondary N) is 1. The van der Waals surface area contributed by atoms with Crippen LogP contribution < -0.4 is 10.2 Å². The second kappa shape index (κ2) is 6.60. The van der Waals surface area contributed by atoms with Gasteiger partial charge in [-0.05, 0) is 49.6 Å². The standard InChI is InChI=1S/C18H21N3O/c1-14(16-7-5-9-19-13-16)20-18(22)15-6-4-8-17(12-15)21-10-2-3-11-21/h4-9,12-14H,2-3,10-11H2,1H3,(H,20,22). The van der Waals surface area contributed by atoms with Gasteiger partial charge in [0, 0.05) is 36.7 Å². The molecule has 1 amide bonds. The van der Waals surface area contributed by atoms with E-state index >= 15 is 0 Å². The Labute approximate surface area is 131 Å². The molecule has 0 radical (unpaired) electrons. The van der Waals surface area contributed by atoms with Crippen LogP contribution in [0.4, 0.5) is 5.69 Å². The Morgan fingerprint density at radius 3 is 2.77 bits per heavy atom. The maximum Gasteiger partial charge on any atom is 0.251 e. The number of hydrogen-bond acceptors (Lipinski definition) is 3. The molecule has 1 unspecified atom stereocenters. The van der Waals surface area contributed by atoms with Gasteiger partial charge in [-0.25, -0.2) is 0 Å². The molecule has 3 rings (SSSR count). The third-order valence-electron chi connectivity index (χ3n) is 4.11. The summed E-state index contributed by atoms with van der Waals surface area (Å²) in [6, 6.07) is 11.7. The molecule has 1 aromatic carbocycles. The number of pyridine rings is 1. The Balaban J connectivity index is 1.71. The van der Waals surface area contributed by atoms with Gasteiger partial charge < -0.3 is 10.2 Å². The van der Waals surface area contributed by atoms with Crippen LogP contribution in [0.1, 0.15) is 41.7 Å². The topological polar surface area (TPSA) is 45.2 Å². The summed E-state index contributed by atoms with van der Waals surface area (Å²) < 4.78 is 0. The number of carbonyl (C=O) groups is 1. The van der Waals surface area contributed by atoms with Crippen LogP contribution in [0.25, 0.3) is 0 Å². The van der Waals surface area contributed by atoms with E-state index < -0.39 is 0 Å². The highest BCUT2D eigenvalue weighted by Gasteiger charge is 2.15. The molecule has 1 N–H and O–H groups in total. The van der Waals surface area contributed by atoms with Gasteiger partial charge in [0.25, 0.3) is 5.91 Å². The maximum atomic E-state index is 12.4. The lowest BCUT2D eigenvalue weighted by molar-refractivity contribution is 0.0940. The number of aromatic nitrogens is 1. The van der Waals surface area contributed by atoms with Crippen LogP contribution in [0.3, 0.4) is 0 Å². The van der Waals surface area contributed by atoms with Crippen molar-refractivity contribution >= 4 is 11.6 Å². The van der Waals surface area contributed by atoms with Crippen molar-refractivity contribution in [2.45, 2.75) is 25.8 Å². The summed E-state index contributed by atoms with van der Waals surface area (Å²) in [5, 5.41) is 3.03. The first-order chi connectivity index (χ1) is 10.7. The molecular weight excluding hydrogens is 274 g/mol. The predicted octanol–water partition coefficient (Wildman–Crippen LogP) is 3.17. The highest BCUT2D eigenvalue weighted by molar-refractivity contribution is 5.95. The summed E-state index contributed by atoms with van der Waals surface area (Å²) in [4.78, 5) is 18.9. The highest BCUT2D eigenvalue weighted by Crippen LogP contribution is 2.21. The SMILES string of the molecule is CC(NC(=O)c1cccc(N2CCCC2)c1)c1cccnc1. The highest BCUT2D eigenvalue weighted by atomic mass is 16.1. The molecule has 1 saturated heterocycles. The van der Waals surface area contributed by atoms with Crippen molar-refractivity contribution in [1.82, 2.24) is 10.3 Å². The lowest BCUT2D eigenvalue weighted by Crippen LogP contribution is -2.27. The van der Waals surface area contributed by atoms with E-state index in [1.54, 1.807) is 12.4 Å². The lowest BCUT2D eigenvalue weighted by atomic mass is 10.1. The minimum Gasteiger partial charge on any atom is -0.372 e. The fraction of sp³-hybridized carbons (Fsp3) is 0.333. The molecule has 22 heavy (non-hydrogen) atoms. The molecule has 0 saturated carbocycles. The zero-order valence-corrected chi connectivity index (χ0v) is 12.8. The van der Waals surface area contributed by atoms with E-state index in [0.717, 1.165) is 24.3 Å². The Hall–Kier alpha value is -2.36. The summed E-state index contributed by atoms with van der Waals surface area (Å²) in [6.07, 6.45) is 5.98. The van der Waals surface area contributed by atoms with Gasteiger partial charge in [0.15, 0.2) is 0 Å². The summed E-state index contributed by atoms with van der Waals surface area (Å²) in [7, 11) is 0. The maximum absolute atomic E-state index is 12.4. The number of amides is 1. The molecule has 1 atom stereocenters. The fourth-order valence-electron chi connectivity index (χ4n) is 2.81. The number of benzene rings is 1. The zero-order valence-electron chi connectivity index (χ0n) is 12.8. The monoisotopic (exact) mass is 295 g/mol. The molecule has 4 nitrogen and oxygen atoms in total. The zero-order chi connectivity index (χ0) is 15.4. The van der Waals surface area contributed by atoms with Gasteiger partial charge in [0.2, 0.25) is 0 Å². The molecule has 114 valence electrons. The molecule has 0 spiro atoms. The Kier molecular flexibility index (Phi) is 4.37. The van der Waals surface area contributed by atoms with Crippen LogP contribution in [0, 0.1) is 0 Å². The lowest BCUT2D eigenvalue weighted by Gasteiger charge is -2.19. The van der Waals surface area contributed by atoms with Gasteiger partial charge in [-0.2, -0.15) is 0 Å². The Morgan fingerprint density at radius 1 is 1.23 bits per heavy atom. The average molecular weight is 295 g/mol. The normalized spacial score (nSPS) is 15.6. The van der Waals surface area contributed by atoms with E-state index in [1.165, 1.54) is 12.8 Å². The average Bonchev–Trinajstić information content (AvgIpc) is 3.10. The van der Waals surface area contributed by atoms with Gasteiger partial charge in [-0.3, -0.25) is 9.78 Å². The van der Waals surface area contributed by atoms with E-state index in [9.17, 15) is 4.79 Å². The Morgan fingerprint density at radius 2 is 2.05 bits per heavy atom. The van der Waals surface area contributed by atoms with Crippen LogP contribution in [0.15, 0.2) is 48.8 Å². The van der Waals surface area contributed by atoms with Gasteiger partial charge in [-0.1, -0.05) is 12.1 Å². The van der Waals surface area contributed by atoms with Crippen LogP contribution in [0.5, 0.6) is 0 Å². The minimum atomic E-state index is -0.0587. The van der Waals surface area contributed by atoms with Gasteiger partial charge in [0.05, 0.1) is 6.04 Å². The van der Waals surface area contributed by atoms with E-state index in [-0.39, 0.29) is 11.9 Å². The molecule has 0 aliphatic carbocycles. The number of nitrogens with zero attached hydrogens (tertiary/aromatic N) is 2. The molecule has 1 fully saturated rings. The summed E-state index contributed by atoms with van der Waals surface area (Å²) in [5.41, 5.74) is 2.85. The molecule has 1 aliphatic rings. The smallest absolute Gasteiger partial charge is 0.251 e. The number of hydrogen-bond donors (Lipinski definition) is 1. The molecule has 2 heterocycles. The Bertz CT molecular complexity index is 636. The van der Waals surface area contributed by atoms with E-state index in [0.29, 0.717) is 5.56 Å². The fourth-order valence-corrected chi connectivity index (χ4v) is 2.81. The van der Waals surface area contributed by atoms with Crippen LogP contribution in [-0.4, -0.2) is 24.0 Å². The van der Waals surface area contributed by atoms with Gasteiger partial charge >= 0.3 is 0 Å².